The topological polar surface area (TPSA) is 12.0 Å². The second-order valence-electron chi connectivity index (χ2n) is 5.26. The zero-order valence-corrected chi connectivity index (χ0v) is 12.4. The van der Waals surface area contributed by atoms with Crippen molar-refractivity contribution < 1.29 is 0 Å². The summed E-state index contributed by atoms with van der Waals surface area (Å²) in [5.41, 5.74) is 4.57. The fourth-order valence-electron chi connectivity index (χ4n) is 2.35. The Morgan fingerprint density at radius 3 is 2.76 bits per heavy atom. The molecule has 1 aromatic rings. The molecule has 0 saturated carbocycles. The smallest absolute Gasteiger partial charge is 0.0208 e. The van der Waals surface area contributed by atoms with Gasteiger partial charge < -0.3 is 5.32 Å². The molecule has 2 unspecified atom stereocenters. The lowest BCUT2D eigenvalue weighted by Gasteiger charge is -2.19. The number of hydrogen-bond acceptors (Lipinski definition) is 1. The van der Waals surface area contributed by atoms with Crippen molar-refractivity contribution in [2.45, 2.75) is 45.7 Å². The minimum Gasteiger partial charge on any atom is -0.310 e. The third kappa shape index (κ3) is 3.32. The minimum atomic E-state index is 0.558. The first-order valence-electron chi connectivity index (χ1n) is 6.60. The maximum absolute atomic E-state index is 3.61. The van der Waals surface area contributed by atoms with Crippen LogP contribution in [0.3, 0.4) is 0 Å². The SMILES string of the molecule is CC(CBr)C(C)NCc1ccc2c(c1)CCC2. The molecule has 1 aliphatic rings. The summed E-state index contributed by atoms with van der Waals surface area (Å²) in [5, 5.41) is 4.67. The highest BCUT2D eigenvalue weighted by Crippen LogP contribution is 2.22. The molecule has 1 N–H and O–H groups in total. The molecule has 1 nitrogen and oxygen atoms in total. The second-order valence-corrected chi connectivity index (χ2v) is 5.91. The molecule has 2 heteroatoms. The van der Waals surface area contributed by atoms with Gasteiger partial charge in [-0.2, -0.15) is 0 Å². The molecule has 0 aromatic heterocycles. The molecular weight excluding hydrogens is 274 g/mol. The molecule has 94 valence electrons. The van der Waals surface area contributed by atoms with Crippen LogP contribution in [0.1, 0.15) is 37.0 Å². The van der Waals surface area contributed by atoms with Crippen molar-refractivity contribution in [2.75, 3.05) is 5.33 Å². The normalized spacial score (nSPS) is 17.8. The molecule has 0 fully saturated rings. The Balaban J connectivity index is 1.91. The first-order chi connectivity index (χ1) is 8.20. The Bertz CT molecular complexity index is 375. The summed E-state index contributed by atoms with van der Waals surface area (Å²) in [5.74, 6) is 0.671. The van der Waals surface area contributed by atoms with E-state index in [1.165, 1.54) is 24.8 Å². The molecule has 2 atom stereocenters. The number of halogens is 1. The Hall–Kier alpha value is -0.340. The van der Waals surface area contributed by atoms with Gasteiger partial charge in [0.2, 0.25) is 0 Å². The number of benzene rings is 1. The summed E-state index contributed by atoms with van der Waals surface area (Å²) in [7, 11) is 0. The van der Waals surface area contributed by atoms with Gasteiger partial charge in [-0.05, 0) is 48.8 Å². The summed E-state index contributed by atoms with van der Waals surface area (Å²) in [6.45, 7) is 5.53. The van der Waals surface area contributed by atoms with Crippen LogP contribution in [0.15, 0.2) is 18.2 Å². The Morgan fingerprint density at radius 1 is 1.24 bits per heavy atom. The predicted octanol–water partition coefficient (Wildman–Crippen LogP) is 3.68. The van der Waals surface area contributed by atoms with Crippen LogP contribution in [0, 0.1) is 5.92 Å². The first-order valence-corrected chi connectivity index (χ1v) is 7.73. The van der Waals surface area contributed by atoms with E-state index in [1.54, 1.807) is 11.1 Å². The number of alkyl halides is 1. The minimum absolute atomic E-state index is 0.558. The van der Waals surface area contributed by atoms with E-state index in [-0.39, 0.29) is 0 Å². The standard InChI is InChI=1S/C15H22BrN/c1-11(9-16)12(2)17-10-13-6-7-14-4-3-5-15(14)8-13/h6-8,11-12,17H,3-5,9-10H2,1-2H3. The highest BCUT2D eigenvalue weighted by molar-refractivity contribution is 9.09. The van der Waals surface area contributed by atoms with Gasteiger partial charge >= 0.3 is 0 Å². The Morgan fingerprint density at radius 2 is 2.00 bits per heavy atom. The fourth-order valence-corrected chi connectivity index (χ4v) is 2.91. The van der Waals surface area contributed by atoms with Gasteiger partial charge in [0.05, 0.1) is 0 Å². The van der Waals surface area contributed by atoms with Gasteiger partial charge in [0.15, 0.2) is 0 Å². The van der Waals surface area contributed by atoms with Crippen LogP contribution in [0.5, 0.6) is 0 Å². The quantitative estimate of drug-likeness (QED) is 0.817. The van der Waals surface area contributed by atoms with Crippen molar-refractivity contribution in [3.63, 3.8) is 0 Å². The lowest BCUT2D eigenvalue weighted by Crippen LogP contribution is -2.32. The Labute approximate surface area is 113 Å². The summed E-state index contributed by atoms with van der Waals surface area (Å²) < 4.78 is 0. The van der Waals surface area contributed by atoms with E-state index in [0.717, 1.165) is 11.9 Å². The van der Waals surface area contributed by atoms with Crippen LogP contribution >= 0.6 is 15.9 Å². The summed E-state index contributed by atoms with van der Waals surface area (Å²) in [6, 6.07) is 7.55. The van der Waals surface area contributed by atoms with E-state index in [9.17, 15) is 0 Å². The van der Waals surface area contributed by atoms with Crippen LogP contribution in [0.25, 0.3) is 0 Å². The maximum Gasteiger partial charge on any atom is 0.0208 e. The first kappa shape index (κ1) is 13.1. The van der Waals surface area contributed by atoms with E-state index in [0.29, 0.717) is 12.0 Å². The molecule has 0 amide bonds. The number of aryl methyl sites for hydroxylation is 2. The number of rotatable bonds is 5. The molecule has 1 aromatic carbocycles. The lowest BCUT2D eigenvalue weighted by atomic mass is 10.0. The summed E-state index contributed by atoms with van der Waals surface area (Å²) in [6.07, 6.45) is 3.89. The van der Waals surface area contributed by atoms with E-state index in [4.69, 9.17) is 0 Å². The monoisotopic (exact) mass is 295 g/mol. The van der Waals surface area contributed by atoms with Gasteiger partial charge in [0.25, 0.3) is 0 Å². The van der Waals surface area contributed by atoms with Crippen LogP contribution in [-0.2, 0) is 19.4 Å². The van der Waals surface area contributed by atoms with Crippen molar-refractivity contribution in [1.29, 1.82) is 0 Å². The Kier molecular flexibility index (Phi) is 4.63. The van der Waals surface area contributed by atoms with Crippen LogP contribution < -0.4 is 5.32 Å². The van der Waals surface area contributed by atoms with Gasteiger partial charge in [0, 0.05) is 17.9 Å². The molecule has 0 bridgehead atoms. The van der Waals surface area contributed by atoms with Crippen molar-refractivity contribution >= 4 is 15.9 Å². The van der Waals surface area contributed by atoms with Crippen molar-refractivity contribution in [1.82, 2.24) is 5.32 Å². The van der Waals surface area contributed by atoms with Gasteiger partial charge in [-0.25, -0.2) is 0 Å². The van der Waals surface area contributed by atoms with Crippen LogP contribution in [0.4, 0.5) is 0 Å². The molecule has 17 heavy (non-hydrogen) atoms. The number of nitrogens with one attached hydrogen (secondary N) is 1. The second kappa shape index (κ2) is 6.01. The number of fused-ring (bicyclic) bond motifs is 1. The molecule has 2 rings (SSSR count). The van der Waals surface area contributed by atoms with Gasteiger partial charge in [-0.1, -0.05) is 41.1 Å². The summed E-state index contributed by atoms with van der Waals surface area (Å²) in [4.78, 5) is 0. The van der Waals surface area contributed by atoms with Gasteiger partial charge in [0.1, 0.15) is 0 Å². The highest BCUT2D eigenvalue weighted by atomic mass is 79.9. The average molecular weight is 296 g/mol. The zero-order valence-electron chi connectivity index (χ0n) is 10.8. The molecular formula is C15H22BrN. The third-order valence-electron chi connectivity index (χ3n) is 3.89. The van der Waals surface area contributed by atoms with E-state index in [1.807, 2.05) is 0 Å². The average Bonchev–Trinajstić information content (AvgIpc) is 2.82. The van der Waals surface area contributed by atoms with Crippen molar-refractivity contribution in [2.24, 2.45) is 5.92 Å². The molecule has 1 aliphatic carbocycles. The van der Waals surface area contributed by atoms with E-state index < -0.39 is 0 Å². The number of hydrogen-bond donors (Lipinski definition) is 1. The van der Waals surface area contributed by atoms with Crippen LogP contribution in [-0.4, -0.2) is 11.4 Å². The summed E-state index contributed by atoms with van der Waals surface area (Å²) >= 11 is 3.54. The van der Waals surface area contributed by atoms with Crippen molar-refractivity contribution in [3.8, 4) is 0 Å². The van der Waals surface area contributed by atoms with Gasteiger partial charge in [-0.3, -0.25) is 0 Å². The van der Waals surface area contributed by atoms with Gasteiger partial charge in [-0.15, -0.1) is 0 Å². The van der Waals surface area contributed by atoms with E-state index in [2.05, 4.69) is 53.3 Å². The molecule has 0 radical (unpaired) electrons. The lowest BCUT2D eigenvalue weighted by molar-refractivity contribution is 0.433. The molecule has 0 spiro atoms. The maximum atomic E-state index is 3.61. The zero-order chi connectivity index (χ0) is 12.3. The fraction of sp³-hybridized carbons (Fsp3) is 0.600. The van der Waals surface area contributed by atoms with E-state index >= 15 is 0 Å². The van der Waals surface area contributed by atoms with Crippen LogP contribution in [0.2, 0.25) is 0 Å². The van der Waals surface area contributed by atoms with Crippen molar-refractivity contribution in [3.05, 3.63) is 34.9 Å². The molecule has 0 heterocycles. The largest absolute Gasteiger partial charge is 0.310 e. The highest BCUT2D eigenvalue weighted by Gasteiger charge is 2.12. The molecule has 0 saturated heterocycles. The molecule has 0 aliphatic heterocycles. The predicted molar refractivity (Wildman–Crippen MR) is 77.7 cm³/mol. The third-order valence-corrected chi connectivity index (χ3v) is 4.91.